The summed E-state index contributed by atoms with van der Waals surface area (Å²) in [4.78, 5) is 0. The van der Waals surface area contributed by atoms with Crippen LogP contribution >= 0.6 is 15.9 Å². The Morgan fingerprint density at radius 3 is 2.20 bits per heavy atom. The van der Waals surface area contributed by atoms with Crippen molar-refractivity contribution in [1.82, 2.24) is 0 Å². The highest BCUT2D eigenvalue weighted by Crippen LogP contribution is 2.35. The number of benzene rings is 1. The number of unbranched alkanes of at least 4 members (excludes halogenated alkanes) is 1. The van der Waals surface area contributed by atoms with E-state index in [0.29, 0.717) is 5.41 Å². The van der Waals surface area contributed by atoms with Gasteiger partial charge < -0.3 is 9.47 Å². The molecule has 114 valence electrons. The van der Waals surface area contributed by atoms with E-state index in [1.165, 1.54) is 25.7 Å². The van der Waals surface area contributed by atoms with Gasteiger partial charge in [0.1, 0.15) is 11.5 Å². The number of hydrogen-bond acceptors (Lipinski definition) is 2. The van der Waals surface area contributed by atoms with Gasteiger partial charge in [-0.3, -0.25) is 0 Å². The molecule has 20 heavy (non-hydrogen) atoms. The van der Waals surface area contributed by atoms with Crippen molar-refractivity contribution in [2.24, 2.45) is 5.41 Å². The molecule has 1 atom stereocenters. The van der Waals surface area contributed by atoms with Crippen LogP contribution in [-0.2, 0) is 0 Å². The highest BCUT2D eigenvalue weighted by molar-refractivity contribution is 9.09. The molecule has 0 radical (unpaired) electrons. The van der Waals surface area contributed by atoms with Gasteiger partial charge in [0.15, 0.2) is 0 Å². The maximum absolute atomic E-state index is 5.87. The van der Waals surface area contributed by atoms with Crippen LogP contribution in [0.3, 0.4) is 0 Å². The zero-order valence-corrected chi connectivity index (χ0v) is 14.5. The lowest BCUT2D eigenvalue weighted by atomic mass is 9.79. The molecule has 0 aliphatic heterocycles. The molecule has 1 aromatic rings. The van der Waals surface area contributed by atoms with E-state index in [4.69, 9.17) is 9.47 Å². The van der Waals surface area contributed by atoms with Crippen LogP contribution in [0.15, 0.2) is 24.3 Å². The Hall–Kier alpha value is -0.700. The lowest BCUT2D eigenvalue weighted by Gasteiger charge is -2.31. The van der Waals surface area contributed by atoms with E-state index >= 15 is 0 Å². The number of halogens is 1. The maximum Gasteiger partial charge on any atom is 0.119 e. The van der Waals surface area contributed by atoms with Crippen molar-refractivity contribution in [1.29, 1.82) is 0 Å². The first-order valence-corrected chi connectivity index (χ1v) is 8.64. The molecule has 0 aromatic heterocycles. The molecule has 0 saturated heterocycles. The quantitative estimate of drug-likeness (QED) is 0.526. The summed E-state index contributed by atoms with van der Waals surface area (Å²) in [6.45, 7) is 5.31. The third-order valence-electron chi connectivity index (χ3n) is 4.05. The Morgan fingerprint density at radius 2 is 1.70 bits per heavy atom. The normalized spacial score (nSPS) is 13.8. The Bertz CT molecular complexity index is 358. The van der Waals surface area contributed by atoms with Crippen LogP contribution in [0.25, 0.3) is 0 Å². The van der Waals surface area contributed by atoms with Gasteiger partial charge in [-0.05, 0) is 48.9 Å². The number of ether oxygens (including phenoxy) is 2. The van der Waals surface area contributed by atoms with Crippen molar-refractivity contribution in [2.75, 3.05) is 19.0 Å². The lowest BCUT2D eigenvalue weighted by Crippen LogP contribution is -2.24. The standard InChI is InChI=1S/C17H27BrO2/c1-4-6-11-17(5-2,14-18)12-13-20-16-9-7-15(19-3)8-10-16/h7-10H,4-6,11-14H2,1-3H3. The van der Waals surface area contributed by atoms with E-state index in [9.17, 15) is 0 Å². The van der Waals surface area contributed by atoms with Gasteiger partial charge in [-0.15, -0.1) is 0 Å². The van der Waals surface area contributed by atoms with Crippen molar-refractivity contribution in [3.63, 3.8) is 0 Å². The fraction of sp³-hybridized carbons (Fsp3) is 0.647. The summed E-state index contributed by atoms with van der Waals surface area (Å²) >= 11 is 3.70. The molecule has 0 fully saturated rings. The SMILES string of the molecule is CCCCC(CC)(CBr)CCOc1ccc(OC)cc1. The summed E-state index contributed by atoms with van der Waals surface area (Å²) in [6, 6.07) is 7.80. The molecule has 0 aliphatic carbocycles. The van der Waals surface area contributed by atoms with E-state index in [1.807, 2.05) is 24.3 Å². The molecule has 1 aromatic carbocycles. The first-order chi connectivity index (χ1) is 9.69. The molecule has 0 saturated carbocycles. The summed E-state index contributed by atoms with van der Waals surface area (Å²) in [7, 11) is 1.68. The second-order valence-electron chi connectivity index (χ2n) is 5.36. The van der Waals surface area contributed by atoms with Crippen molar-refractivity contribution in [2.45, 2.75) is 46.0 Å². The first kappa shape index (κ1) is 17.4. The molecule has 0 amide bonds. The van der Waals surface area contributed by atoms with Crippen LogP contribution in [-0.4, -0.2) is 19.0 Å². The number of alkyl halides is 1. The van der Waals surface area contributed by atoms with Crippen molar-refractivity contribution in [3.05, 3.63) is 24.3 Å². The zero-order chi connectivity index (χ0) is 14.8. The maximum atomic E-state index is 5.87. The second-order valence-corrected chi connectivity index (χ2v) is 5.93. The van der Waals surface area contributed by atoms with E-state index in [0.717, 1.165) is 29.9 Å². The van der Waals surface area contributed by atoms with Crippen molar-refractivity contribution in [3.8, 4) is 11.5 Å². The predicted molar refractivity (Wildman–Crippen MR) is 89.1 cm³/mol. The van der Waals surface area contributed by atoms with E-state index < -0.39 is 0 Å². The zero-order valence-electron chi connectivity index (χ0n) is 13.0. The van der Waals surface area contributed by atoms with E-state index in [2.05, 4.69) is 29.8 Å². The average Bonchev–Trinajstić information content (AvgIpc) is 2.51. The monoisotopic (exact) mass is 342 g/mol. The van der Waals surface area contributed by atoms with Crippen molar-refractivity contribution < 1.29 is 9.47 Å². The molecule has 2 nitrogen and oxygen atoms in total. The van der Waals surface area contributed by atoms with Crippen LogP contribution in [0.5, 0.6) is 11.5 Å². The smallest absolute Gasteiger partial charge is 0.119 e. The fourth-order valence-corrected chi connectivity index (χ4v) is 3.27. The van der Waals surface area contributed by atoms with Gasteiger partial charge in [0, 0.05) is 5.33 Å². The Labute approximate surface area is 132 Å². The Kier molecular flexibility index (Phi) is 8.05. The minimum absolute atomic E-state index is 0.377. The van der Waals surface area contributed by atoms with Crippen LogP contribution in [0.4, 0.5) is 0 Å². The van der Waals surface area contributed by atoms with Gasteiger partial charge in [-0.1, -0.05) is 42.6 Å². The lowest BCUT2D eigenvalue weighted by molar-refractivity contribution is 0.195. The summed E-state index contributed by atoms with van der Waals surface area (Å²) in [5, 5.41) is 1.06. The summed E-state index contributed by atoms with van der Waals surface area (Å²) in [6.07, 6.45) is 6.12. The highest BCUT2D eigenvalue weighted by atomic mass is 79.9. The van der Waals surface area contributed by atoms with Crippen molar-refractivity contribution >= 4 is 15.9 Å². The van der Waals surface area contributed by atoms with Gasteiger partial charge in [0.05, 0.1) is 13.7 Å². The number of methoxy groups -OCH3 is 1. The summed E-state index contributed by atoms with van der Waals surface area (Å²) in [5.74, 6) is 1.78. The summed E-state index contributed by atoms with van der Waals surface area (Å²) in [5.41, 5.74) is 0.377. The Morgan fingerprint density at radius 1 is 1.05 bits per heavy atom. The molecular weight excluding hydrogens is 316 g/mol. The van der Waals surface area contributed by atoms with Crippen LogP contribution in [0, 0.1) is 5.41 Å². The fourth-order valence-electron chi connectivity index (χ4n) is 2.32. The van der Waals surface area contributed by atoms with Crippen LogP contribution < -0.4 is 9.47 Å². The van der Waals surface area contributed by atoms with Crippen LogP contribution in [0.1, 0.15) is 46.0 Å². The number of rotatable bonds is 10. The van der Waals surface area contributed by atoms with E-state index in [1.54, 1.807) is 7.11 Å². The predicted octanol–water partition coefficient (Wildman–Crippen LogP) is 5.45. The first-order valence-electron chi connectivity index (χ1n) is 7.52. The van der Waals surface area contributed by atoms with E-state index in [-0.39, 0.29) is 0 Å². The van der Waals surface area contributed by atoms with Gasteiger partial charge in [0.2, 0.25) is 0 Å². The van der Waals surface area contributed by atoms with Gasteiger partial charge in [-0.2, -0.15) is 0 Å². The van der Waals surface area contributed by atoms with Crippen LogP contribution in [0.2, 0.25) is 0 Å². The molecule has 1 unspecified atom stereocenters. The molecule has 0 spiro atoms. The minimum Gasteiger partial charge on any atom is -0.497 e. The molecule has 1 rings (SSSR count). The molecule has 0 heterocycles. The molecule has 0 bridgehead atoms. The molecule has 0 aliphatic rings. The average molecular weight is 343 g/mol. The topological polar surface area (TPSA) is 18.5 Å². The highest BCUT2D eigenvalue weighted by Gasteiger charge is 2.26. The molecule has 0 N–H and O–H groups in total. The molecular formula is C17H27BrO2. The van der Waals surface area contributed by atoms with Gasteiger partial charge >= 0.3 is 0 Å². The Balaban J connectivity index is 2.46. The number of hydrogen-bond donors (Lipinski definition) is 0. The van der Waals surface area contributed by atoms with Gasteiger partial charge in [0.25, 0.3) is 0 Å². The largest absolute Gasteiger partial charge is 0.497 e. The third-order valence-corrected chi connectivity index (χ3v) is 5.24. The third kappa shape index (κ3) is 5.35. The van der Waals surface area contributed by atoms with Gasteiger partial charge in [-0.25, -0.2) is 0 Å². The minimum atomic E-state index is 0.377. The second kappa shape index (κ2) is 9.28. The molecule has 3 heteroatoms. The summed E-state index contributed by atoms with van der Waals surface area (Å²) < 4.78 is 11.0.